The summed E-state index contributed by atoms with van der Waals surface area (Å²) < 4.78 is 4.77. The van der Waals surface area contributed by atoms with Gasteiger partial charge in [0, 0.05) is 24.2 Å². The maximum Gasteiger partial charge on any atom is 0.323 e. The largest absolute Gasteiger partial charge is 0.468 e. The number of esters is 1. The molecule has 6 heteroatoms. The number of benzene rings is 2. The number of rotatable bonds is 5. The van der Waals surface area contributed by atoms with Crippen molar-refractivity contribution in [1.82, 2.24) is 4.90 Å². The predicted octanol–water partition coefficient (Wildman–Crippen LogP) is 1.90. The average Bonchev–Trinajstić information content (AvgIpc) is 3.02. The number of likely N-dealkylation sites (tertiary alicyclic amines) is 1. The van der Waals surface area contributed by atoms with Gasteiger partial charge < -0.3 is 15.2 Å². The van der Waals surface area contributed by atoms with Crippen LogP contribution in [-0.4, -0.2) is 54.2 Å². The van der Waals surface area contributed by atoms with Crippen molar-refractivity contribution in [3.05, 3.63) is 54.6 Å². The normalized spacial score (nSPS) is 19.9. The Morgan fingerprint density at radius 3 is 2.58 bits per heavy atom. The minimum Gasteiger partial charge on any atom is -0.468 e. The number of nitrogens with zero attached hydrogens (tertiary/aromatic N) is 1. The second-order valence-corrected chi connectivity index (χ2v) is 6.32. The Labute approximate surface area is 152 Å². The molecule has 3 rings (SSSR count). The van der Waals surface area contributed by atoms with Crippen LogP contribution in [0.5, 0.6) is 0 Å². The molecule has 0 spiro atoms. The molecular weight excluding hydrogens is 332 g/mol. The van der Waals surface area contributed by atoms with Gasteiger partial charge in [-0.2, -0.15) is 0 Å². The molecule has 0 unspecified atom stereocenters. The van der Waals surface area contributed by atoms with E-state index in [1.165, 1.54) is 7.11 Å². The lowest BCUT2D eigenvalue weighted by Crippen LogP contribution is -2.41. The molecule has 1 aliphatic rings. The molecule has 0 saturated carbocycles. The van der Waals surface area contributed by atoms with Gasteiger partial charge in [-0.15, -0.1) is 0 Å². The first-order valence-electron chi connectivity index (χ1n) is 8.52. The van der Waals surface area contributed by atoms with E-state index in [4.69, 9.17) is 4.74 Å². The second kappa shape index (κ2) is 8.12. The quantitative estimate of drug-likeness (QED) is 0.802. The molecule has 2 N–H and O–H groups in total. The van der Waals surface area contributed by atoms with E-state index in [-0.39, 0.29) is 25.4 Å². The van der Waals surface area contributed by atoms with Crippen molar-refractivity contribution in [2.24, 2.45) is 0 Å². The Morgan fingerprint density at radius 1 is 1.15 bits per heavy atom. The summed E-state index contributed by atoms with van der Waals surface area (Å²) in [5.41, 5.74) is 2.64. The Kier molecular flexibility index (Phi) is 5.65. The fraction of sp³-hybridized carbons (Fsp3) is 0.300. The van der Waals surface area contributed by atoms with Gasteiger partial charge in [0.05, 0.1) is 19.8 Å². The van der Waals surface area contributed by atoms with Crippen molar-refractivity contribution < 1.29 is 19.4 Å². The molecule has 2 aromatic rings. The number of hydrogen-bond acceptors (Lipinski definition) is 5. The highest BCUT2D eigenvalue weighted by Crippen LogP contribution is 2.27. The zero-order chi connectivity index (χ0) is 18.5. The maximum atomic E-state index is 12.5. The van der Waals surface area contributed by atoms with Crippen molar-refractivity contribution in [3.63, 3.8) is 0 Å². The second-order valence-electron chi connectivity index (χ2n) is 6.32. The van der Waals surface area contributed by atoms with Crippen molar-refractivity contribution in [2.75, 3.05) is 25.5 Å². The lowest BCUT2D eigenvalue weighted by Gasteiger charge is -2.21. The highest BCUT2D eigenvalue weighted by atomic mass is 16.5. The molecule has 6 nitrogen and oxygen atoms in total. The Bertz CT molecular complexity index is 778. The maximum absolute atomic E-state index is 12.5. The van der Waals surface area contributed by atoms with Crippen LogP contribution in [0.4, 0.5) is 5.69 Å². The summed E-state index contributed by atoms with van der Waals surface area (Å²) in [5, 5.41) is 12.7. The third-order valence-electron chi connectivity index (χ3n) is 4.49. The average molecular weight is 354 g/mol. The topological polar surface area (TPSA) is 78.9 Å². The molecular formula is C20H22N2O4. The number of amides is 1. The standard InChI is InChI=1S/C20H22N2O4/c1-26-20(25)18-11-15(23)12-22(18)13-19(24)21-17-10-6-5-9-16(17)14-7-3-2-4-8-14/h2-10,15,18,23H,11-13H2,1H3,(H,21,24)/t15-,18+/m1/s1. The van der Waals surface area contributed by atoms with Gasteiger partial charge in [0.2, 0.25) is 5.91 Å². The number of β-amino-alcohol motifs (C(OH)–C–C–N with tert-alkyl or cyclic N) is 1. The van der Waals surface area contributed by atoms with Crippen molar-refractivity contribution in [1.29, 1.82) is 0 Å². The van der Waals surface area contributed by atoms with Crippen LogP contribution in [0.3, 0.4) is 0 Å². The zero-order valence-electron chi connectivity index (χ0n) is 14.6. The lowest BCUT2D eigenvalue weighted by atomic mass is 10.0. The molecule has 136 valence electrons. The predicted molar refractivity (Wildman–Crippen MR) is 98.5 cm³/mol. The third-order valence-corrected chi connectivity index (χ3v) is 4.49. The van der Waals surface area contributed by atoms with Gasteiger partial charge in [-0.1, -0.05) is 48.5 Å². The van der Waals surface area contributed by atoms with Gasteiger partial charge in [-0.3, -0.25) is 14.5 Å². The number of carbonyl (C=O) groups is 2. The first-order chi connectivity index (χ1) is 12.6. The van der Waals surface area contributed by atoms with Crippen LogP contribution in [0, 0.1) is 0 Å². The van der Waals surface area contributed by atoms with Crippen LogP contribution >= 0.6 is 0 Å². The van der Waals surface area contributed by atoms with E-state index in [9.17, 15) is 14.7 Å². The fourth-order valence-corrected chi connectivity index (χ4v) is 3.27. The highest BCUT2D eigenvalue weighted by molar-refractivity contribution is 5.96. The first kappa shape index (κ1) is 18.1. The molecule has 0 radical (unpaired) electrons. The summed E-state index contributed by atoms with van der Waals surface area (Å²) in [6.07, 6.45) is -0.357. The molecule has 1 heterocycles. The van der Waals surface area contributed by atoms with E-state index < -0.39 is 18.1 Å². The molecule has 2 atom stereocenters. The van der Waals surface area contributed by atoms with Crippen molar-refractivity contribution in [3.8, 4) is 11.1 Å². The molecule has 2 aromatic carbocycles. The van der Waals surface area contributed by atoms with E-state index in [2.05, 4.69) is 5.32 Å². The lowest BCUT2D eigenvalue weighted by molar-refractivity contribution is -0.146. The van der Waals surface area contributed by atoms with E-state index in [1.807, 2.05) is 54.6 Å². The van der Waals surface area contributed by atoms with E-state index in [0.717, 1.165) is 11.1 Å². The number of carbonyl (C=O) groups excluding carboxylic acids is 2. The first-order valence-corrected chi connectivity index (χ1v) is 8.52. The van der Waals surface area contributed by atoms with Crippen LogP contribution in [-0.2, 0) is 14.3 Å². The van der Waals surface area contributed by atoms with Crippen molar-refractivity contribution >= 4 is 17.6 Å². The van der Waals surface area contributed by atoms with Crippen LogP contribution in [0.25, 0.3) is 11.1 Å². The SMILES string of the molecule is COC(=O)[C@@H]1C[C@@H](O)CN1CC(=O)Nc1ccccc1-c1ccccc1. The fourth-order valence-electron chi connectivity index (χ4n) is 3.27. The number of aliphatic hydroxyl groups excluding tert-OH is 1. The van der Waals surface area contributed by atoms with E-state index in [1.54, 1.807) is 4.90 Å². The Balaban J connectivity index is 1.72. The number of para-hydroxylation sites is 1. The Morgan fingerprint density at radius 2 is 1.85 bits per heavy atom. The van der Waals surface area contributed by atoms with Crippen LogP contribution < -0.4 is 5.32 Å². The van der Waals surface area contributed by atoms with Gasteiger partial charge in [0.15, 0.2) is 0 Å². The van der Waals surface area contributed by atoms with E-state index in [0.29, 0.717) is 5.69 Å². The minimum atomic E-state index is -0.636. The van der Waals surface area contributed by atoms with Gasteiger partial charge in [0.1, 0.15) is 6.04 Å². The summed E-state index contributed by atoms with van der Waals surface area (Å²) in [5.74, 6) is -0.671. The number of methoxy groups -OCH3 is 1. The van der Waals surface area contributed by atoms with Crippen molar-refractivity contribution in [2.45, 2.75) is 18.6 Å². The highest BCUT2D eigenvalue weighted by Gasteiger charge is 2.37. The summed E-state index contributed by atoms with van der Waals surface area (Å²) >= 11 is 0. The monoisotopic (exact) mass is 354 g/mol. The number of nitrogens with one attached hydrogen (secondary N) is 1. The molecule has 0 aliphatic carbocycles. The third kappa shape index (κ3) is 4.09. The van der Waals surface area contributed by atoms with Crippen LogP contribution in [0.2, 0.25) is 0 Å². The summed E-state index contributed by atoms with van der Waals surface area (Å²) in [6, 6.07) is 16.8. The van der Waals surface area contributed by atoms with Crippen LogP contribution in [0.15, 0.2) is 54.6 Å². The molecule has 0 aromatic heterocycles. The molecule has 0 bridgehead atoms. The van der Waals surface area contributed by atoms with Gasteiger partial charge in [-0.05, 0) is 11.6 Å². The summed E-state index contributed by atoms with van der Waals surface area (Å²) in [7, 11) is 1.31. The molecule has 1 fully saturated rings. The Hall–Kier alpha value is -2.70. The summed E-state index contributed by atoms with van der Waals surface area (Å²) in [6.45, 7) is 0.285. The molecule has 1 amide bonds. The number of aliphatic hydroxyl groups is 1. The molecule has 1 aliphatic heterocycles. The number of ether oxygens (including phenoxy) is 1. The zero-order valence-corrected chi connectivity index (χ0v) is 14.6. The minimum absolute atomic E-state index is 0.0138. The van der Waals surface area contributed by atoms with E-state index >= 15 is 0 Å². The summed E-state index contributed by atoms with van der Waals surface area (Å²) in [4.78, 5) is 26.0. The molecule has 1 saturated heterocycles. The molecule has 26 heavy (non-hydrogen) atoms. The van der Waals surface area contributed by atoms with Gasteiger partial charge >= 0.3 is 5.97 Å². The number of hydrogen-bond donors (Lipinski definition) is 2. The number of anilines is 1. The van der Waals surface area contributed by atoms with Gasteiger partial charge in [0.25, 0.3) is 0 Å². The van der Waals surface area contributed by atoms with Gasteiger partial charge in [-0.25, -0.2) is 0 Å². The van der Waals surface area contributed by atoms with Crippen LogP contribution in [0.1, 0.15) is 6.42 Å². The smallest absolute Gasteiger partial charge is 0.323 e.